The molecule has 1 atom stereocenters. The number of thiophene rings is 1. The number of halogens is 1. The molecule has 1 aromatic carbocycles. The minimum absolute atomic E-state index is 0.187. The molecule has 0 aliphatic carbocycles. The summed E-state index contributed by atoms with van der Waals surface area (Å²) in [5.74, 6) is -0.725. The maximum Gasteiger partial charge on any atom is 0.242 e. The van der Waals surface area contributed by atoms with Crippen LogP contribution < -0.4 is 5.32 Å². The highest BCUT2D eigenvalue weighted by Gasteiger charge is 2.28. The van der Waals surface area contributed by atoms with E-state index in [0.717, 1.165) is 0 Å². The third kappa shape index (κ3) is 4.30. The van der Waals surface area contributed by atoms with E-state index in [0.29, 0.717) is 14.9 Å². The topological polar surface area (TPSA) is 63.2 Å². The lowest BCUT2D eigenvalue weighted by molar-refractivity contribution is -0.115. The van der Waals surface area contributed by atoms with Crippen molar-refractivity contribution in [3.8, 4) is 0 Å². The van der Waals surface area contributed by atoms with Crippen molar-refractivity contribution in [3.63, 3.8) is 0 Å². The van der Waals surface area contributed by atoms with Gasteiger partial charge in [-0.3, -0.25) is 4.79 Å². The summed E-state index contributed by atoms with van der Waals surface area (Å²) in [6.45, 7) is 1.39. The van der Waals surface area contributed by atoms with E-state index in [9.17, 15) is 13.2 Å². The Labute approximate surface area is 132 Å². The van der Waals surface area contributed by atoms with E-state index in [-0.39, 0.29) is 5.75 Å². The van der Waals surface area contributed by atoms with Crippen molar-refractivity contribution < 1.29 is 13.2 Å². The van der Waals surface area contributed by atoms with Crippen LogP contribution in [-0.2, 0) is 20.4 Å². The highest BCUT2D eigenvalue weighted by molar-refractivity contribution is 7.92. The Balaban J connectivity index is 2.07. The fourth-order valence-corrected chi connectivity index (χ4v) is 4.42. The van der Waals surface area contributed by atoms with Crippen LogP contribution in [0.1, 0.15) is 11.8 Å². The maximum absolute atomic E-state index is 12.2. The molecule has 21 heavy (non-hydrogen) atoms. The van der Waals surface area contributed by atoms with Crippen LogP contribution >= 0.6 is 22.9 Å². The molecule has 1 heterocycles. The Morgan fingerprint density at radius 1 is 1.24 bits per heavy atom. The first-order valence-corrected chi connectivity index (χ1v) is 9.11. The standard InChI is InChI=1S/C14H14ClNO3S2/c1-10(14(17)16-11-5-3-2-4-6-11)21(18,19)9-12-7-8-13(15)20-12/h2-8,10H,9H2,1H3,(H,16,17). The summed E-state index contributed by atoms with van der Waals surface area (Å²) in [5, 5.41) is 1.47. The average molecular weight is 344 g/mol. The third-order valence-electron chi connectivity index (χ3n) is 2.92. The molecule has 0 fully saturated rings. The van der Waals surface area contributed by atoms with Gasteiger partial charge in [0.15, 0.2) is 9.84 Å². The van der Waals surface area contributed by atoms with Crippen molar-refractivity contribution in [1.82, 2.24) is 0 Å². The Morgan fingerprint density at radius 3 is 2.48 bits per heavy atom. The summed E-state index contributed by atoms with van der Waals surface area (Å²) in [6.07, 6.45) is 0. The summed E-state index contributed by atoms with van der Waals surface area (Å²) >= 11 is 6.99. The average Bonchev–Trinajstić information content (AvgIpc) is 2.83. The van der Waals surface area contributed by atoms with Gasteiger partial charge in [-0.2, -0.15) is 0 Å². The molecule has 2 aromatic rings. The predicted octanol–water partition coefficient (Wildman–Crippen LogP) is 3.34. The van der Waals surface area contributed by atoms with E-state index in [1.54, 1.807) is 36.4 Å². The molecule has 0 radical (unpaired) electrons. The number of benzene rings is 1. The Morgan fingerprint density at radius 2 is 1.90 bits per heavy atom. The third-order valence-corrected chi connectivity index (χ3v) is 6.34. The van der Waals surface area contributed by atoms with Crippen LogP contribution in [0.2, 0.25) is 4.34 Å². The molecule has 0 aliphatic heterocycles. The van der Waals surface area contributed by atoms with E-state index < -0.39 is 21.0 Å². The van der Waals surface area contributed by atoms with Crippen LogP contribution in [0.4, 0.5) is 5.69 Å². The second-order valence-electron chi connectivity index (χ2n) is 4.51. The number of carbonyl (C=O) groups excluding carboxylic acids is 1. The fraction of sp³-hybridized carbons (Fsp3) is 0.214. The van der Waals surface area contributed by atoms with Gasteiger partial charge in [-0.25, -0.2) is 8.42 Å². The molecule has 0 bridgehead atoms. The van der Waals surface area contributed by atoms with E-state index in [1.807, 2.05) is 6.07 Å². The summed E-state index contributed by atoms with van der Waals surface area (Å²) < 4.78 is 25.0. The number of nitrogens with one attached hydrogen (secondary N) is 1. The second-order valence-corrected chi connectivity index (χ2v) is 8.63. The minimum Gasteiger partial charge on any atom is -0.325 e. The van der Waals surface area contributed by atoms with Gasteiger partial charge in [0, 0.05) is 10.6 Å². The maximum atomic E-state index is 12.2. The predicted molar refractivity (Wildman–Crippen MR) is 86.5 cm³/mol. The lowest BCUT2D eigenvalue weighted by Crippen LogP contribution is -2.33. The molecule has 7 heteroatoms. The Kier molecular flexibility index (Phi) is 5.03. The monoisotopic (exact) mass is 343 g/mol. The smallest absolute Gasteiger partial charge is 0.242 e. The van der Waals surface area contributed by atoms with E-state index in [2.05, 4.69) is 5.32 Å². The lowest BCUT2D eigenvalue weighted by atomic mass is 10.3. The van der Waals surface area contributed by atoms with Crippen LogP contribution in [0.15, 0.2) is 42.5 Å². The number of amides is 1. The summed E-state index contributed by atoms with van der Waals surface area (Å²) in [7, 11) is -3.58. The molecule has 1 unspecified atom stereocenters. The molecule has 2 rings (SSSR count). The summed E-state index contributed by atoms with van der Waals surface area (Å²) in [4.78, 5) is 12.7. The van der Waals surface area contributed by atoms with Gasteiger partial charge in [0.2, 0.25) is 5.91 Å². The molecule has 1 aromatic heterocycles. The zero-order valence-electron chi connectivity index (χ0n) is 11.2. The van der Waals surface area contributed by atoms with Crippen LogP contribution in [0.3, 0.4) is 0 Å². The zero-order chi connectivity index (χ0) is 15.5. The lowest BCUT2D eigenvalue weighted by Gasteiger charge is -2.12. The first-order chi connectivity index (χ1) is 9.88. The number of hydrogen-bond donors (Lipinski definition) is 1. The van der Waals surface area contributed by atoms with Crippen LogP contribution in [0.5, 0.6) is 0 Å². The molecule has 0 aliphatic rings. The van der Waals surface area contributed by atoms with Gasteiger partial charge < -0.3 is 5.32 Å². The van der Waals surface area contributed by atoms with Crippen molar-refractivity contribution in [2.75, 3.05) is 5.32 Å². The van der Waals surface area contributed by atoms with E-state index in [1.165, 1.54) is 18.3 Å². The molecule has 112 valence electrons. The van der Waals surface area contributed by atoms with Gasteiger partial charge in [-0.1, -0.05) is 29.8 Å². The number of sulfone groups is 1. The molecule has 0 saturated carbocycles. The van der Waals surface area contributed by atoms with Crippen molar-refractivity contribution in [2.45, 2.75) is 17.9 Å². The van der Waals surface area contributed by atoms with Crippen LogP contribution in [0.25, 0.3) is 0 Å². The highest BCUT2D eigenvalue weighted by Crippen LogP contribution is 2.24. The molecular weight excluding hydrogens is 330 g/mol. The van der Waals surface area contributed by atoms with Crippen molar-refractivity contribution in [2.24, 2.45) is 0 Å². The van der Waals surface area contributed by atoms with Gasteiger partial charge >= 0.3 is 0 Å². The van der Waals surface area contributed by atoms with E-state index in [4.69, 9.17) is 11.6 Å². The molecule has 1 N–H and O–H groups in total. The van der Waals surface area contributed by atoms with Crippen molar-refractivity contribution >= 4 is 44.4 Å². The number of rotatable bonds is 5. The number of para-hydroxylation sites is 1. The zero-order valence-corrected chi connectivity index (χ0v) is 13.6. The van der Waals surface area contributed by atoms with Crippen LogP contribution in [0, 0.1) is 0 Å². The molecule has 0 spiro atoms. The Hall–Kier alpha value is -1.37. The normalized spacial score (nSPS) is 12.9. The van der Waals surface area contributed by atoms with Gasteiger partial charge in [0.1, 0.15) is 5.25 Å². The van der Waals surface area contributed by atoms with Crippen molar-refractivity contribution in [3.05, 3.63) is 51.7 Å². The van der Waals surface area contributed by atoms with Gasteiger partial charge in [-0.15, -0.1) is 11.3 Å². The van der Waals surface area contributed by atoms with Gasteiger partial charge in [-0.05, 0) is 31.2 Å². The molecule has 1 amide bonds. The molecule has 4 nitrogen and oxygen atoms in total. The molecular formula is C14H14ClNO3S2. The number of hydrogen-bond acceptors (Lipinski definition) is 4. The quantitative estimate of drug-likeness (QED) is 0.905. The first-order valence-electron chi connectivity index (χ1n) is 6.20. The SMILES string of the molecule is CC(C(=O)Nc1ccccc1)S(=O)(=O)Cc1ccc(Cl)s1. The van der Waals surface area contributed by atoms with Crippen molar-refractivity contribution in [1.29, 1.82) is 0 Å². The van der Waals surface area contributed by atoms with Gasteiger partial charge in [0.25, 0.3) is 0 Å². The second kappa shape index (κ2) is 6.60. The molecule has 0 saturated heterocycles. The van der Waals surface area contributed by atoms with Gasteiger partial charge in [0.05, 0.1) is 10.1 Å². The Bertz CT molecular complexity index is 726. The highest BCUT2D eigenvalue weighted by atomic mass is 35.5. The fourth-order valence-electron chi connectivity index (χ4n) is 1.68. The van der Waals surface area contributed by atoms with Crippen LogP contribution in [-0.4, -0.2) is 19.6 Å². The number of anilines is 1. The summed E-state index contributed by atoms with van der Waals surface area (Å²) in [5.41, 5.74) is 0.573. The van der Waals surface area contributed by atoms with E-state index >= 15 is 0 Å². The summed E-state index contributed by atoms with van der Waals surface area (Å²) in [6, 6.07) is 12.1. The minimum atomic E-state index is -3.58. The number of carbonyl (C=O) groups is 1. The largest absolute Gasteiger partial charge is 0.325 e. The first kappa shape index (κ1) is 16.0.